The average Bonchev–Trinajstić information content (AvgIpc) is 2.39. The van der Waals surface area contributed by atoms with Crippen molar-refractivity contribution >= 4 is 5.97 Å². The van der Waals surface area contributed by atoms with E-state index >= 15 is 0 Å². The predicted molar refractivity (Wildman–Crippen MR) is 68.7 cm³/mol. The minimum absolute atomic E-state index is 0.149. The molecule has 1 unspecified atom stereocenters. The largest absolute Gasteiger partial charge is 0.469 e. The second-order valence-electron chi connectivity index (χ2n) is 4.04. The fourth-order valence-electron chi connectivity index (χ4n) is 1.90. The van der Waals surface area contributed by atoms with Crippen LogP contribution in [0.1, 0.15) is 31.9 Å². The Morgan fingerprint density at radius 1 is 1.35 bits per heavy atom. The zero-order valence-electron chi connectivity index (χ0n) is 10.8. The van der Waals surface area contributed by atoms with Crippen LogP contribution in [0.4, 0.5) is 0 Å². The molecule has 0 aliphatic heterocycles. The van der Waals surface area contributed by atoms with Gasteiger partial charge < -0.3 is 4.74 Å². The number of rotatable bonds is 6. The Kier molecular flexibility index (Phi) is 5.70. The molecule has 0 N–H and O–H groups in total. The zero-order valence-corrected chi connectivity index (χ0v) is 10.8. The molecule has 1 rings (SSSR count). The number of methoxy groups -OCH3 is 1. The molecule has 1 aromatic rings. The minimum atomic E-state index is -0.149. The van der Waals surface area contributed by atoms with Gasteiger partial charge in [-0.2, -0.15) is 0 Å². The lowest BCUT2D eigenvalue weighted by atomic mass is 10.1. The number of esters is 1. The van der Waals surface area contributed by atoms with E-state index in [1.54, 1.807) is 0 Å². The van der Waals surface area contributed by atoms with Gasteiger partial charge in [0.25, 0.3) is 0 Å². The van der Waals surface area contributed by atoms with Crippen LogP contribution < -0.4 is 0 Å². The van der Waals surface area contributed by atoms with Crippen molar-refractivity contribution in [1.29, 1.82) is 0 Å². The first-order valence-corrected chi connectivity index (χ1v) is 6.04. The summed E-state index contributed by atoms with van der Waals surface area (Å²) in [7, 11) is 1.43. The van der Waals surface area contributed by atoms with Gasteiger partial charge in [-0.15, -0.1) is 0 Å². The second-order valence-corrected chi connectivity index (χ2v) is 4.04. The van der Waals surface area contributed by atoms with E-state index in [-0.39, 0.29) is 5.97 Å². The Bertz CT molecular complexity index is 337. The highest BCUT2D eigenvalue weighted by Gasteiger charge is 2.14. The van der Waals surface area contributed by atoms with E-state index in [1.807, 2.05) is 18.2 Å². The predicted octanol–water partition coefficient (Wildman–Crippen LogP) is 2.63. The molecule has 0 fully saturated rings. The Hall–Kier alpha value is -1.35. The van der Waals surface area contributed by atoms with Crippen molar-refractivity contribution in [2.45, 2.75) is 26.3 Å². The number of nitrogens with zero attached hydrogens (tertiary/aromatic N) is 1. The molecule has 0 spiro atoms. The molecule has 0 heterocycles. The molecule has 0 bridgehead atoms. The van der Waals surface area contributed by atoms with Gasteiger partial charge in [0.05, 0.1) is 13.5 Å². The Balaban J connectivity index is 2.58. The standard InChI is InChI=1S/C14H21NO2/c1-4-15(11-10-14(16)17-3)12(2)13-8-6-5-7-9-13/h5-9,12H,4,10-11H2,1-3H3. The van der Waals surface area contributed by atoms with Gasteiger partial charge in [0.2, 0.25) is 0 Å². The topological polar surface area (TPSA) is 29.5 Å². The summed E-state index contributed by atoms with van der Waals surface area (Å²) in [6.07, 6.45) is 0.446. The van der Waals surface area contributed by atoms with Crippen molar-refractivity contribution in [3.63, 3.8) is 0 Å². The van der Waals surface area contributed by atoms with Gasteiger partial charge in [-0.25, -0.2) is 0 Å². The van der Waals surface area contributed by atoms with Crippen molar-refractivity contribution in [1.82, 2.24) is 4.90 Å². The highest BCUT2D eigenvalue weighted by Crippen LogP contribution is 2.19. The average molecular weight is 235 g/mol. The van der Waals surface area contributed by atoms with Crippen LogP contribution in [-0.4, -0.2) is 31.1 Å². The quantitative estimate of drug-likeness (QED) is 0.710. The van der Waals surface area contributed by atoms with Gasteiger partial charge in [0.15, 0.2) is 0 Å². The van der Waals surface area contributed by atoms with Crippen LogP contribution in [0.3, 0.4) is 0 Å². The molecule has 3 heteroatoms. The van der Waals surface area contributed by atoms with E-state index in [0.717, 1.165) is 13.1 Å². The maximum atomic E-state index is 11.1. The summed E-state index contributed by atoms with van der Waals surface area (Å²) in [5.41, 5.74) is 1.28. The molecule has 3 nitrogen and oxygen atoms in total. The Labute approximate surface area is 103 Å². The molecule has 1 aromatic carbocycles. The van der Waals surface area contributed by atoms with Gasteiger partial charge in [-0.1, -0.05) is 37.3 Å². The minimum Gasteiger partial charge on any atom is -0.469 e. The van der Waals surface area contributed by atoms with Gasteiger partial charge in [-0.3, -0.25) is 9.69 Å². The van der Waals surface area contributed by atoms with Crippen molar-refractivity contribution < 1.29 is 9.53 Å². The maximum Gasteiger partial charge on any atom is 0.306 e. The number of hydrogen-bond acceptors (Lipinski definition) is 3. The monoisotopic (exact) mass is 235 g/mol. The first-order chi connectivity index (χ1) is 8.19. The molecular weight excluding hydrogens is 214 g/mol. The van der Waals surface area contributed by atoms with Gasteiger partial charge in [-0.05, 0) is 19.0 Å². The molecule has 1 atom stereocenters. The third kappa shape index (κ3) is 4.19. The zero-order chi connectivity index (χ0) is 12.7. The summed E-state index contributed by atoms with van der Waals surface area (Å²) in [4.78, 5) is 13.4. The van der Waals surface area contributed by atoms with E-state index in [4.69, 9.17) is 0 Å². The molecule has 0 aliphatic carbocycles. The lowest BCUT2D eigenvalue weighted by molar-refractivity contribution is -0.141. The molecule has 0 amide bonds. The highest BCUT2D eigenvalue weighted by atomic mass is 16.5. The fourth-order valence-corrected chi connectivity index (χ4v) is 1.90. The van der Waals surface area contributed by atoms with Crippen molar-refractivity contribution in [2.75, 3.05) is 20.2 Å². The summed E-state index contributed by atoms with van der Waals surface area (Å²) < 4.78 is 4.66. The molecular formula is C14H21NO2. The van der Waals surface area contributed by atoms with Crippen LogP contribution in [0.2, 0.25) is 0 Å². The third-order valence-corrected chi connectivity index (χ3v) is 3.07. The van der Waals surface area contributed by atoms with E-state index in [0.29, 0.717) is 12.5 Å². The maximum absolute atomic E-state index is 11.1. The van der Waals surface area contributed by atoms with Gasteiger partial charge in [0.1, 0.15) is 0 Å². The van der Waals surface area contributed by atoms with Crippen LogP contribution in [0, 0.1) is 0 Å². The molecule has 0 radical (unpaired) electrons. The lowest BCUT2D eigenvalue weighted by Crippen LogP contribution is -2.29. The highest BCUT2D eigenvalue weighted by molar-refractivity contribution is 5.69. The summed E-state index contributed by atoms with van der Waals surface area (Å²) in [6.45, 7) is 5.93. The summed E-state index contributed by atoms with van der Waals surface area (Å²) in [5, 5.41) is 0. The van der Waals surface area contributed by atoms with Gasteiger partial charge >= 0.3 is 5.97 Å². The molecule has 0 saturated heterocycles. The van der Waals surface area contributed by atoms with E-state index in [1.165, 1.54) is 12.7 Å². The number of carbonyl (C=O) groups is 1. The normalized spacial score (nSPS) is 12.5. The third-order valence-electron chi connectivity index (χ3n) is 3.07. The van der Waals surface area contributed by atoms with E-state index in [9.17, 15) is 4.79 Å². The second kappa shape index (κ2) is 7.07. The van der Waals surface area contributed by atoms with E-state index in [2.05, 4.69) is 35.6 Å². The summed E-state index contributed by atoms with van der Waals surface area (Å²) >= 11 is 0. The number of benzene rings is 1. The smallest absolute Gasteiger partial charge is 0.306 e. The van der Waals surface area contributed by atoms with Crippen molar-refractivity contribution in [3.05, 3.63) is 35.9 Å². The number of ether oxygens (including phenoxy) is 1. The van der Waals surface area contributed by atoms with Crippen LogP contribution in [0.5, 0.6) is 0 Å². The molecule has 94 valence electrons. The number of carbonyl (C=O) groups excluding carboxylic acids is 1. The molecule has 0 aromatic heterocycles. The lowest BCUT2D eigenvalue weighted by Gasteiger charge is -2.27. The SMILES string of the molecule is CCN(CCC(=O)OC)C(C)c1ccccc1. The summed E-state index contributed by atoms with van der Waals surface area (Å²) in [6, 6.07) is 10.7. The van der Waals surface area contributed by atoms with Crippen LogP contribution >= 0.6 is 0 Å². The van der Waals surface area contributed by atoms with Gasteiger partial charge in [0, 0.05) is 12.6 Å². The molecule has 17 heavy (non-hydrogen) atoms. The van der Waals surface area contributed by atoms with Crippen molar-refractivity contribution in [3.8, 4) is 0 Å². The van der Waals surface area contributed by atoms with Crippen molar-refractivity contribution in [2.24, 2.45) is 0 Å². The fraction of sp³-hybridized carbons (Fsp3) is 0.500. The Morgan fingerprint density at radius 2 is 2.00 bits per heavy atom. The van der Waals surface area contributed by atoms with E-state index < -0.39 is 0 Å². The first kappa shape index (κ1) is 13.7. The summed E-state index contributed by atoms with van der Waals surface area (Å²) in [5.74, 6) is -0.149. The van der Waals surface area contributed by atoms with Crippen LogP contribution in [-0.2, 0) is 9.53 Å². The Morgan fingerprint density at radius 3 is 2.53 bits per heavy atom. The molecule has 0 saturated carbocycles. The van der Waals surface area contributed by atoms with Crippen LogP contribution in [0.15, 0.2) is 30.3 Å². The van der Waals surface area contributed by atoms with Crippen LogP contribution in [0.25, 0.3) is 0 Å². The first-order valence-electron chi connectivity index (χ1n) is 6.04. The molecule has 0 aliphatic rings. The number of hydrogen-bond donors (Lipinski definition) is 0.